The molecular weight excluding hydrogens is 735 g/mol. The fourth-order valence-corrected chi connectivity index (χ4v) is 7.63. The lowest BCUT2D eigenvalue weighted by Crippen LogP contribution is -2.32. The van der Waals surface area contributed by atoms with Gasteiger partial charge in [0.15, 0.2) is 23.0 Å². The van der Waals surface area contributed by atoms with Crippen LogP contribution in [-0.4, -0.2) is 93.9 Å². The van der Waals surface area contributed by atoms with Crippen molar-refractivity contribution < 1.29 is 33.3 Å². The molecule has 4 aliphatic heterocycles. The third-order valence-corrected chi connectivity index (χ3v) is 10.8. The van der Waals surface area contributed by atoms with Crippen molar-refractivity contribution in [1.29, 1.82) is 0 Å². The number of carbonyl (C=O) groups excluding carboxylic acids is 2. The van der Waals surface area contributed by atoms with Crippen molar-refractivity contribution in [3.8, 4) is 28.7 Å². The minimum Gasteiger partial charge on any atom is -0.497 e. The molecule has 0 fully saturated rings. The van der Waals surface area contributed by atoms with E-state index in [0.29, 0.717) is 71.6 Å². The Bertz CT molecular complexity index is 2360. The van der Waals surface area contributed by atoms with E-state index >= 15 is 0 Å². The maximum Gasteiger partial charge on any atom is 0.260 e. The quantitative estimate of drug-likeness (QED) is 0.0932. The lowest BCUT2D eigenvalue weighted by molar-refractivity contribution is 0.0809. The second-order valence-corrected chi connectivity index (χ2v) is 14.4. The van der Waals surface area contributed by atoms with Crippen LogP contribution in [0.25, 0.3) is 11.1 Å². The number of hydrogen-bond acceptors (Lipinski definition) is 10. The summed E-state index contributed by atoms with van der Waals surface area (Å²) in [6.07, 6.45) is 13.0. The third kappa shape index (κ3) is 7.69. The summed E-state index contributed by atoms with van der Waals surface area (Å²) in [5.74, 6) is 2.54. The summed E-state index contributed by atoms with van der Waals surface area (Å²) < 4.78 is 28.9. The van der Waals surface area contributed by atoms with Gasteiger partial charge in [-0.05, 0) is 71.4 Å². The molecule has 0 spiro atoms. The lowest BCUT2D eigenvalue weighted by Gasteiger charge is -2.19. The number of methoxy groups -OCH3 is 3. The number of rotatable bonds is 14. The second kappa shape index (κ2) is 16.8. The van der Waals surface area contributed by atoms with Gasteiger partial charge in [-0.1, -0.05) is 36.4 Å². The summed E-state index contributed by atoms with van der Waals surface area (Å²) in [4.78, 5) is 44.5. The molecule has 296 valence electrons. The number of aliphatic imine (C=N–C) groups is 3. The van der Waals surface area contributed by atoms with Gasteiger partial charge in [0.05, 0.1) is 69.1 Å². The highest BCUT2D eigenvalue weighted by molar-refractivity contribution is 6.06. The number of benzene rings is 4. The van der Waals surface area contributed by atoms with Gasteiger partial charge in [0, 0.05) is 63.1 Å². The number of carbonyl (C=O) groups is 2. The highest BCUT2D eigenvalue weighted by Crippen LogP contribution is 2.42. The number of nitrogens with zero attached hydrogens (tertiary/aromatic N) is 5. The van der Waals surface area contributed by atoms with E-state index in [-0.39, 0.29) is 23.9 Å². The normalized spacial score (nSPS) is 17.9. The molecule has 4 aliphatic rings. The Kier molecular flexibility index (Phi) is 11.1. The predicted molar refractivity (Wildman–Crippen MR) is 225 cm³/mol. The first-order valence-corrected chi connectivity index (χ1v) is 19.4. The zero-order chi connectivity index (χ0) is 40.2. The van der Waals surface area contributed by atoms with E-state index < -0.39 is 0 Å². The number of hydrogen-bond donors (Lipinski definition) is 0. The van der Waals surface area contributed by atoms with Crippen molar-refractivity contribution in [3.63, 3.8) is 0 Å². The fraction of sp³-hybridized carbons (Fsp3) is 0.283. The van der Waals surface area contributed by atoms with Crippen LogP contribution in [0.15, 0.2) is 100 Å². The van der Waals surface area contributed by atoms with Gasteiger partial charge >= 0.3 is 0 Å². The van der Waals surface area contributed by atoms with Crippen LogP contribution >= 0.6 is 0 Å². The summed E-state index contributed by atoms with van der Waals surface area (Å²) in [7, 11) is 6.52. The van der Waals surface area contributed by atoms with E-state index in [1.807, 2.05) is 67.4 Å². The van der Waals surface area contributed by atoms with Gasteiger partial charge in [0.1, 0.15) is 5.75 Å². The molecule has 4 heterocycles. The number of amides is 2. The molecule has 12 heteroatoms. The van der Waals surface area contributed by atoms with Crippen molar-refractivity contribution in [3.05, 3.63) is 113 Å². The third-order valence-electron chi connectivity index (χ3n) is 10.8. The summed E-state index contributed by atoms with van der Waals surface area (Å²) in [5.41, 5.74) is 7.30. The van der Waals surface area contributed by atoms with Gasteiger partial charge in [0.25, 0.3) is 11.8 Å². The topological polar surface area (TPSA) is 124 Å². The van der Waals surface area contributed by atoms with Gasteiger partial charge in [0.2, 0.25) is 0 Å². The van der Waals surface area contributed by atoms with Gasteiger partial charge < -0.3 is 33.5 Å². The second-order valence-electron chi connectivity index (χ2n) is 14.4. The zero-order valence-electron chi connectivity index (χ0n) is 33.0. The first kappa shape index (κ1) is 38.2. The number of fused-ring (bicyclic) bond motifs is 4. The van der Waals surface area contributed by atoms with Gasteiger partial charge in [-0.25, -0.2) is 0 Å². The molecular formula is C46H45N5O7. The van der Waals surface area contributed by atoms with Crippen LogP contribution in [-0.2, 0) is 0 Å². The lowest BCUT2D eigenvalue weighted by atomic mass is 10.0. The molecule has 0 N–H and O–H groups in total. The van der Waals surface area contributed by atoms with Crippen LogP contribution in [0.3, 0.4) is 0 Å². The number of unbranched alkanes of at least 4 members (excludes halogenated alkanes) is 2. The van der Waals surface area contributed by atoms with E-state index in [9.17, 15) is 9.59 Å². The van der Waals surface area contributed by atoms with Gasteiger partial charge in [-0.2, -0.15) is 0 Å². The van der Waals surface area contributed by atoms with E-state index in [4.69, 9.17) is 33.7 Å². The van der Waals surface area contributed by atoms with E-state index in [2.05, 4.69) is 17.1 Å². The number of ether oxygens (including phenoxy) is 5. The Morgan fingerprint density at radius 2 is 1.12 bits per heavy atom. The minimum absolute atomic E-state index is 0.131. The Morgan fingerprint density at radius 3 is 1.57 bits per heavy atom. The smallest absolute Gasteiger partial charge is 0.260 e. The van der Waals surface area contributed by atoms with E-state index in [1.54, 1.807) is 62.4 Å². The average Bonchev–Trinajstić information content (AvgIpc) is 3.83. The largest absolute Gasteiger partial charge is 0.497 e. The predicted octanol–water partition coefficient (Wildman–Crippen LogP) is 8.33. The summed E-state index contributed by atoms with van der Waals surface area (Å²) in [6, 6.07) is 22.6. The van der Waals surface area contributed by atoms with Crippen LogP contribution in [0, 0.1) is 0 Å². The maximum absolute atomic E-state index is 13.8. The van der Waals surface area contributed by atoms with E-state index in [0.717, 1.165) is 52.8 Å². The van der Waals surface area contributed by atoms with Crippen molar-refractivity contribution in [1.82, 2.24) is 9.80 Å². The molecule has 0 radical (unpaired) electrons. The molecule has 4 aromatic carbocycles. The first-order valence-electron chi connectivity index (χ1n) is 19.4. The molecule has 2 amide bonds. The molecule has 8 rings (SSSR count). The van der Waals surface area contributed by atoms with Crippen molar-refractivity contribution in [2.75, 3.05) is 41.6 Å². The molecule has 58 heavy (non-hydrogen) atoms. The van der Waals surface area contributed by atoms with Gasteiger partial charge in [-0.15, -0.1) is 0 Å². The van der Waals surface area contributed by atoms with Crippen LogP contribution < -0.4 is 23.7 Å². The summed E-state index contributed by atoms with van der Waals surface area (Å²) in [6.45, 7) is 0.892. The maximum atomic E-state index is 13.8. The van der Waals surface area contributed by atoms with Crippen LogP contribution in [0.1, 0.15) is 69.5 Å². The Labute approximate surface area is 337 Å². The molecule has 0 aromatic heterocycles. The SMILES string of the molecule is C/N=C/c1ccc(C2=CN3C(=O)c4cc(OC)c(OCCCCCOc5cc6c(cc5OC)C(=O)N5C=C(c7ccc(OC)cc7)C[C@H]5C=N6)cc4N=C[C@@H]3C2)cc1. The summed E-state index contributed by atoms with van der Waals surface area (Å²) >= 11 is 0. The van der Waals surface area contributed by atoms with Crippen molar-refractivity contribution >= 4 is 53.0 Å². The summed E-state index contributed by atoms with van der Waals surface area (Å²) in [5, 5.41) is 0. The molecule has 0 bridgehead atoms. The monoisotopic (exact) mass is 779 g/mol. The van der Waals surface area contributed by atoms with Crippen LogP contribution in [0.5, 0.6) is 28.7 Å². The fourth-order valence-electron chi connectivity index (χ4n) is 7.63. The van der Waals surface area contributed by atoms with Crippen molar-refractivity contribution in [2.24, 2.45) is 15.0 Å². The molecule has 0 saturated carbocycles. The molecule has 0 aliphatic carbocycles. The molecule has 2 atom stereocenters. The highest BCUT2D eigenvalue weighted by atomic mass is 16.5. The highest BCUT2D eigenvalue weighted by Gasteiger charge is 2.35. The van der Waals surface area contributed by atoms with Crippen LogP contribution in [0.4, 0.5) is 11.4 Å². The Morgan fingerprint density at radius 1 is 0.638 bits per heavy atom. The van der Waals surface area contributed by atoms with Gasteiger partial charge in [-0.3, -0.25) is 24.6 Å². The average molecular weight is 780 g/mol. The Balaban J connectivity index is 0.845. The molecule has 4 aromatic rings. The zero-order valence-corrected chi connectivity index (χ0v) is 33.0. The Hall–Kier alpha value is -6.69. The standard InChI is InChI=1S/C46H45N5O7/c1-47-24-29-8-10-30(11-9-29)32-18-34-25-48-39-22-43(41(55-3)20-37(39)45(52)50(34)27-32)57-16-6-5-7-17-58-44-23-40-38(21-42(44)56-4)46(53)51-28-33(19-35(51)26-49-40)31-12-14-36(54-2)15-13-31/h8-15,20-28,34-35H,5-7,16-19H2,1-4H3/b47-24+/t34-,35-/m0/s1. The van der Waals surface area contributed by atoms with Crippen LogP contribution in [0.2, 0.25) is 0 Å². The van der Waals surface area contributed by atoms with Crippen molar-refractivity contribution in [2.45, 2.75) is 44.2 Å². The molecule has 0 saturated heterocycles. The first-order chi connectivity index (χ1) is 28.4. The van der Waals surface area contributed by atoms with E-state index in [1.165, 1.54) is 0 Å². The molecule has 0 unspecified atom stereocenters. The minimum atomic E-state index is -0.185. The molecule has 12 nitrogen and oxygen atoms in total.